The molecule has 1 N–H and O–H groups in total. The molecule has 0 aromatic heterocycles. The molecule has 150 valence electrons. The maximum absolute atomic E-state index is 12.8. The SMILES string of the molecule is CC(=O)N[C@@H](C(=O)N1CCN(Cc2cccc(C(F)(F)F)c2)CC1)C(C)C. The smallest absolute Gasteiger partial charge is 0.344 e. The third-order valence-corrected chi connectivity index (χ3v) is 4.64. The van der Waals surface area contributed by atoms with Crippen LogP contribution in [0.4, 0.5) is 13.2 Å². The summed E-state index contributed by atoms with van der Waals surface area (Å²) in [6, 6.07) is 4.77. The first-order valence-electron chi connectivity index (χ1n) is 9.02. The number of carbonyl (C=O) groups excluding carboxylic acids is 2. The molecule has 1 aliphatic heterocycles. The van der Waals surface area contributed by atoms with Crippen LogP contribution in [0, 0.1) is 5.92 Å². The highest BCUT2D eigenvalue weighted by atomic mass is 19.4. The van der Waals surface area contributed by atoms with Crippen LogP contribution in [-0.2, 0) is 22.3 Å². The van der Waals surface area contributed by atoms with E-state index in [1.807, 2.05) is 18.7 Å². The topological polar surface area (TPSA) is 52.7 Å². The van der Waals surface area contributed by atoms with E-state index in [4.69, 9.17) is 0 Å². The Morgan fingerprint density at radius 1 is 1.15 bits per heavy atom. The Morgan fingerprint density at radius 2 is 1.78 bits per heavy atom. The summed E-state index contributed by atoms with van der Waals surface area (Å²) in [5, 5.41) is 2.70. The van der Waals surface area contributed by atoms with Crippen molar-refractivity contribution in [1.82, 2.24) is 15.1 Å². The molecule has 0 unspecified atom stereocenters. The van der Waals surface area contributed by atoms with Gasteiger partial charge in [0.25, 0.3) is 0 Å². The fourth-order valence-electron chi connectivity index (χ4n) is 3.16. The predicted octanol–water partition coefficient (Wildman–Crippen LogP) is 2.51. The Balaban J connectivity index is 1.93. The van der Waals surface area contributed by atoms with E-state index < -0.39 is 17.8 Å². The second-order valence-electron chi connectivity index (χ2n) is 7.22. The Bertz CT molecular complexity index is 668. The fourth-order valence-corrected chi connectivity index (χ4v) is 3.16. The minimum Gasteiger partial charge on any atom is -0.344 e. The zero-order valence-corrected chi connectivity index (χ0v) is 15.8. The molecule has 0 radical (unpaired) electrons. The van der Waals surface area contributed by atoms with Crippen molar-refractivity contribution in [3.63, 3.8) is 0 Å². The number of amides is 2. The Kier molecular flexibility index (Phi) is 6.86. The molecule has 1 saturated heterocycles. The number of halogens is 3. The van der Waals surface area contributed by atoms with Crippen molar-refractivity contribution in [3.8, 4) is 0 Å². The fraction of sp³-hybridized carbons (Fsp3) is 0.579. The third kappa shape index (κ3) is 5.95. The molecule has 1 fully saturated rings. The second-order valence-corrected chi connectivity index (χ2v) is 7.22. The number of benzene rings is 1. The molecular formula is C19H26F3N3O2. The Labute approximate surface area is 157 Å². The minimum atomic E-state index is -4.35. The zero-order chi connectivity index (χ0) is 20.2. The van der Waals surface area contributed by atoms with Crippen LogP contribution in [0.3, 0.4) is 0 Å². The van der Waals surface area contributed by atoms with Gasteiger partial charge in [0.05, 0.1) is 5.56 Å². The summed E-state index contributed by atoms with van der Waals surface area (Å²) in [5.41, 5.74) is -0.0493. The molecule has 1 aliphatic rings. The van der Waals surface area contributed by atoms with Crippen LogP contribution >= 0.6 is 0 Å². The number of piperazine rings is 1. The summed E-state index contributed by atoms with van der Waals surface area (Å²) >= 11 is 0. The maximum atomic E-state index is 12.8. The minimum absolute atomic E-state index is 0.0236. The van der Waals surface area contributed by atoms with Crippen molar-refractivity contribution in [3.05, 3.63) is 35.4 Å². The standard InChI is InChI=1S/C19H26F3N3O2/c1-13(2)17(23-14(3)26)18(27)25-9-7-24(8-10-25)12-15-5-4-6-16(11-15)19(20,21)22/h4-6,11,13,17H,7-10,12H2,1-3H3,(H,23,26)/t17-/m1/s1. The van der Waals surface area contributed by atoms with E-state index >= 15 is 0 Å². The van der Waals surface area contributed by atoms with E-state index in [9.17, 15) is 22.8 Å². The molecule has 2 amide bonds. The number of carbonyl (C=O) groups is 2. The summed E-state index contributed by atoms with van der Waals surface area (Å²) in [5.74, 6) is -0.381. The van der Waals surface area contributed by atoms with Gasteiger partial charge in [0.1, 0.15) is 6.04 Å². The Hall–Kier alpha value is -2.09. The van der Waals surface area contributed by atoms with E-state index in [1.165, 1.54) is 19.1 Å². The lowest BCUT2D eigenvalue weighted by molar-refractivity contribution is -0.139. The van der Waals surface area contributed by atoms with Crippen LogP contribution in [0.1, 0.15) is 31.9 Å². The molecule has 8 heteroatoms. The molecule has 0 saturated carbocycles. The lowest BCUT2D eigenvalue weighted by Crippen LogP contribution is -2.56. The highest BCUT2D eigenvalue weighted by molar-refractivity contribution is 5.87. The number of rotatable bonds is 5. The van der Waals surface area contributed by atoms with Gasteiger partial charge in [0, 0.05) is 39.6 Å². The maximum Gasteiger partial charge on any atom is 0.416 e. The molecule has 1 heterocycles. The predicted molar refractivity (Wildman–Crippen MR) is 95.7 cm³/mol. The van der Waals surface area contributed by atoms with Gasteiger partial charge in [-0.2, -0.15) is 13.2 Å². The van der Waals surface area contributed by atoms with Gasteiger partial charge >= 0.3 is 6.18 Å². The van der Waals surface area contributed by atoms with Gasteiger partial charge in [-0.25, -0.2) is 0 Å². The summed E-state index contributed by atoms with van der Waals surface area (Å²) in [6.07, 6.45) is -4.35. The van der Waals surface area contributed by atoms with Gasteiger partial charge in [0.15, 0.2) is 0 Å². The van der Waals surface area contributed by atoms with E-state index in [0.717, 1.165) is 6.07 Å². The lowest BCUT2D eigenvalue weighted by atomic mass is 10.0. The van der Waals surface area contributed by atoms with Crippen molar-refractivity contribution in [1.29, 1.82) is 0 Å². The number of alkyl halides is 3. The first-order chi connectivity index (χ1) is 12.6. The van der Waals surface area contributed by atoms with Gasteiger partial charge < -0.3 is 10.2 Å². The molecule has 0 spiro atoms. The van der Waals surface area contributed by atoms with Crippen LogP contribution in [0.2, 0.25) is 0 Å². The van der Waals surface area contributed by atoms with Crippen LogP contribution in [0.5, 0.6) is 0 Å². The molecule has 2 rings (SSSR count). The van der Waals surface area contributed by atoms with Gasteiger partial charge in [-0.3, -0.25) is 14.5 Å². The number of hydrogen-bond donors (Lipinski definition) is 1. The van der Waals surface area contributed by atoms with Gasteiger partial charge in [0.2, 0.25) is 11.8 Å². The average molecular weight is 385 g/mol. The summed E-state index contributed by atoms with van der Waals surface area (Å²) < 4.78 is 38.5. The number of nitrogens with one attached hydrogen (secondary N) is 1. The molecule has 1 aromatic rings. The van der Waals surface area contributed by atoms with Crippen molar-refractivity contribution in [2.45, 2.75) is 39.5 Å². The summed E-state index contributed by atoms with van der Waals surface area (Å²) in [4.78, 5) is 27.7. The summed E-state index contributed by atoms with van der Waals surface area (Å²) in [7, 11) is 0. The van der Waals surface area contributed by atoms with Crippen molar-refractivity contribution < 1.29 is 22.8 Å². The van der Waals surface area contributed by atoms with Gasteiger partial charge in [-0.1, -0.05) is 32.0 Å². The molecule has 1 aromatic carbocycles. The first-order valence-corrected chi connectivity index (χ1v) is 9.02. The van der Waals surface area contributed by atoms with Crippen LogP contribution < -0.4 is 5.32 Å². The normalized spacial score (nSPS) is 17.1. The molecule has 27 heavy (non-hydrogen) atoms. The molecular weight excluding hydrogens is 359 g/mol. The average Bonchev–Trinajstić information content (AvgIpc) is 2.59. The first kappa shape index (κ1) is 21.2. The molecule has 0 bridgehead atoms. The largest absolute Gasteiger partial charge is 0.416 e. The van der Waals surface area contributed by atoms with Crippen LogP contribution in [0.15, 0.2) is 24.3 Å². The highest BCUT2D eigenvalue weighted by Gasteiger charge is 2.32. The summed E-state index contributed by atoms with van der Waals surface area (Å²) in [6.45, 7) is 7.67. The molecule has 0 aliphatic carbocycles. The van der Waals surface area contributed by atoms with Crippen molar-refractivity contribution in [2.24, 2.45) is 5.92 Å². The zero-order valence-electron chi connectivity index (χ0n) is 15.8. The van der Waals surface area contributed by atoms with Crippen molar-refractivity contribution >= 4 is 11.8 Å². The number of nitrogens with zero attached hydrogens (tertiary/aromatic N) is 2. The Morgan fingerprint density at radius 3 is 2.30 bits per heavy atom. The van der Waals surface area contributed by atoms with Gasteiger partial charge in [-0.05, 0) is 17.5 Å². The van der Waals surface area contributed by atoms with E-state index in [1.54, 1.807) is 11.0 Å². The van der Waals surface area contributed by atoms with E-state index in [-0.39, 0.29) is 17.7 Å². The van der Waals surface area contributed by atoms with Crippen molar-refractivity contribution in [2.75, 3.05) is 26.2 Å². The monoisotopic (exact) mass is 385 g/mol. The second kappa shape index (κ2) is 8.73. The van der Waals surface area contributed by atoms with Gasteiger partial charge in [-0.15, -0.1) is 0 Å². The van der Waals surface area contributed by atoms with Crippen LogP contribution in [-0.4, -0.2) is 53.8 Å². The number of hydrogen-bond acceptors (Lipinski definition) is 3. The highest BCUT2D eigenvalue weighted by Crippen LogP contribution is 2.29. The van der Waals surface area contributed by atoms with Crippen LogP contribution in [0.25, 0.3) is 0 Å². The van der Waals surface area contributed by atoms with E-state index in [0.29, 0.717) is 38.3 Å². The third-order valence-electron chi connectivity index (χ3n) is 4.64. The molecule has 1 atom stereocenters. The lowest BCUT2D eigenvalue weighted by Gasteiger charge is -2.37. The van der Waals surface area contributed by atoms with E-state index in [2.05, 4.69) is 5.32 Å². The quantitative estimate of drug-likeness (QED) is 0.848. The molecule has 5 nitrogen and oxygen atoms in total.